The molecule has 0 aliphatic rings. The Hall–Kier alpha value is -0.150. The molecule has 53 valence electrons. The van der Waals surface area contributed by atoms with Crippen LogP contribution in [0.2, 0.25) is 0 Å². The van der Waals surface area contributed by atoms with Crippen molar-refractivity contribution in [3.05, 3.63) is 0 Å². The Morgan fingerprint density at radius 3 is 2.56 bits per heavy atom. The van der Waals surface area contributed by atoms with E-state index < -0.39 is 11.5 Å². The number of halogens is 2. The molecule has 0 amide bonds. The third-order valence-electron chi connectivity index (χ3n) is 0.549. The number of rotatable bonds is 3. The van der Waals surface area contributed by atoms with Crippen molar-refractivity contribution in [3.8, 4) is 0 Å². The Bertz CT molecular complexity index is 95.8. The van der Waals surface area contributed by atoms with Crippen LogP contribution in [0.1, 0.15) is 0 Å². The van der Waals surface area contributed by atoms with E-state index >= 15 is 0 Å². The zero-order valence-electron chi connectivity index (χ0n) is 4.47. The molecule has 0 aromatic rings. The van der Waals surface area contributed by atoms with Gasteiger partial charge in [-0.1, -0.05) is 0 Å². The number of carbonyl (C=O) groups is 1. The van der Waals surface area contributed by atoms with Gasteiger partial charge in [-0.3, -0.25) is 0 Å². The van der Waals surface area contributed by atoms with Crippen LogP contribution in [0.15, 0.2) is 0 Å². The van der Waals surface area contributed by atoms with E-state index in [1.807, 2.05) is 0 Å². The number of hydrogen-bond donors (Lipinski definition) is 0. The van der Waals surface area contributed by atoms with Crippen LogP contribution in [0.4, 0.5) is 4.79 Å². The molecule has 9 heavy (non-hydrogen) atoms. The number of ether oxygens (including phenoxy) is 1. The fraction of sp³-hybridized carbons (Fsp3) is 0.750. The van der Waals surface area contributed by atoms with Crippen LogP contribution in [0.5, 0.6) is 0 Å². The third kappa shape index (κ3) is 5.73. The number of carbonyl (C=O) groups excluding carboxylic acids is 1. The molecule has 0 saturated heterocycles. The minimum absolute atomic E-state index is 0.118. The highest BCUT2D eigenvalue weighted by molar-refractivity contribution is 6.28. The fourth-order valence-corrected chi connectivity index (χ4v) is 0.355. The standard InChI is InChI=1S/C4H5Cl2O3/c5-1-3(6)2-9-4(7)8/h3H,1-2H2. The van der Waals surface area contributed by atoms with E-state index in [0.717, 1.165) is 0 Å². The molecule has 1 atom stereocenters. The van der Waals surface area contributed by atoms with Gasteiger partial charge in [0.2, 0.25) is 0 Å². The van der Waals surface area contributed by atoms with Crippen LogP contribution in [-0.4, -0.2) is 24.0 Å². The van der Waals surface area contributed by atoms with Gasteiger partial charge in [0.05, 0.1) is 5.38 Å². The highest BCUT2D eigenvalue weighted by Crippen LogP contribution is 1.98. The zero-order chi connectivity index (χ0) is 7.28. The number of hydrogen-bond acceptors (Lipinski definition) is 2. The van der Waals surface area contributed by atoms with Crippen molar-refractivity contribution in [2.75, 3.05) is 12.5 Å². The van der Waals surface area contributed by atoms with Gasteiger partial charge in [0.25, 0.3) is 0 Å². The molecule has 0 spiro atoms. The largest absolute Gasteiger partial charge is 0.550 e. The first-order valence-electron chi connectivity index (χ1n) is 2.20. The van der Waals surface area contributed by atoms with Crippen molar-refractivity contribution >= 4 is 29.4 Å². The highest BCUT2D eigenvalue weighted by atomic mass is 35.5. The Labute approximate surface area is 62.5 Å². The maximum atomic E-state index is 9.58. The first-order chi connectivity index (χ1) is 4.16. The minimum atomic E-state index is -1.58. The predicted molar refractivity (Wildman–Crippen MR) is 32.4 cm³/mol. The predicted octanol–water partition coefficient (Wildman–Crippen LogP) is 1.40. The summed E-state index contributed by atoms with van der Waals surface area (Å²) in [6.45, 7) is -0.118. The lowest BCUT2D eigenvalue weighted by molar-refractivity contribution is 0.0688. The van der Waals surface area contributed by atoms with Gasteiger partial charge in [-0.05, 0) is 0 Å². The molecule has 0 aliphatic heterocycles. The van der Waals surface area contributed by atoms with Gasteiger partial charge in [0.15, 0.2) is 0 Å². The summed E-state index contributed by atoms with van der Waals surface area (Å²) < 4.78 is 3.98. The molecule has 0 aromatic heterocycles. The molecule has 0 fully saturated rings. The second-order valence-electron chi connectivity index (χ2n) is 1.31. The second kappa shape index (κ2) is 4.70. The van der Waals surface area contributed by atoms with Gasteiger partial charge >= 0.3 is 6.16 Å². The molecular weight excluding hydrogens is 167 g/mol. The van der Waals surface area contributed by atoms with E-state index in [0.29, 0.717) is 0 Å². The minimum Gasteiger partial charge on any atom is -0.430 e. The summed E-state index contributed by atoms with van der Waals surface area (Å²) in [6, 6.07) is 0. The molecule has 3 nitrogen and oxygen atoms in total. The average Bonchev–Trinajstić information content (AvgIpc) is 1.83. The third-order valence-corrected chi connectivity index (χ3v) is 1.36. The molecule has 0 saturated carbocycles. The summed E-state index contributed by atoms with van der Waals surface area (Å²) in [4.78, 5) is 9.58. The van der Waals surface area contributed by atoms with Crippen molar-refractivity contribution in [3.63, 3.8) is 0 Å². The van der Waals surface area contributed by atoms with Gasteiger partial charge in [0.1, 0.15) is 6.61 Å². The van der Waals surface area contributed by atoms with Gasteiger partial charge in [-0.15, -0.1) is 23.2 Å². The molecule has 0 aliphatic carbocycles. The molecule has 0 aromatic carbocycles. The van der Waals surface area contributed by atoms with Crippen LogP contribution in [-0.2, 0) is 9.84 Å². The first kappa shape index (κ1) is 8.85. The monoisotopic (exact) mass is 171 g/mol. The molecule has 0 rings (SSSR count). The quantitative estimate of drug-likeness (QED) is 0.477. The Morgan fingerprint density at radius 1 is 1.67 bits per heavy atom. The molecular formula is C4H5Cl2O3. The summed E-state index contributed by atoms with van der Waals surface area (Å²) in [5, 5.41) is 9.12. The number of alkyl halides is 2. The van der Waals surface area contributed by atoms with E-state index in [2.05, 4.69) is 4.74 Å². The van der Waals surface area contributed by atoms with Crippen LogP contribution in [0.3, 0.4) is 0 Å². The van der Waals surface area contributed by atoms with E-state index in [4.69, 9.17) is 23.2 Å². The summed E-state index contributed by atoms with van der Waals surface area (Å²) >= 11 is 10.6. The maximum Gasteiger partial charge on any atom is 0.550 e. The van der Waals surface area contributed by atoms with Gasteiger partial charge < -0.3 is 4.74 Å². The SMILES string of the molecule is [O]C(=O)OCC(Cl)CCl. The van der Waals surface area contributed by atoms with E-state index in [9.17, 15) is 9.90 Å². The van der Waals surface area contributed by atoms with Gasteiger partial charge in [0, 0.05) is 5.88 Å². The summed E-state index contributed by atoms with van der Waals surface area (Å²) in [5.41, 5.74) is 0. The summed E-state index contributed by atoms with van der Waals surface area (Å²) in [5.74, 6) is 0.162. The molecule has 0 bridgehead atoms. The van der Waals surface area contributed by atoms with Crippen molar-refractivity contribution in [2.24, 2.45) is 0 Å². The molecule has 0 N–H and O–H groups in total. The Morgan fingerprint density at radius 2 is 2.22 bits per heavy atom. The Kier molecular flexibility index (Phi) is 4.62. The highest BCUT2D eigenvalue weighted by Gasteiger charge is 2.06. The van der Waals surface area contributed by atoms with Gasteiger partial charge in [-0.2, -0.15) is 9.90 Å². The van der Waals surface area contributed by atoms with E-state index in [1.165, 1.54) is 0 Å². The second-order valence-corrected chi connectivity index (χ2v) is 2.24. The summed E-state index contributed by atoms with van der Waals surface area (Å²) in [6.07, 6.45) is -1.58. The molecule has 1 radical (unpaired) electrons. The lowest BCUT2D eigenvalue weighted by Crippen LogP contribution is -2.12. The van der Waals surface area contributed by atoms with E-state index in [-0.39, 0.29) is 12.5 Å². The van der Waals surface area contributed by atoms with Crippen molar-refractivity contribution in [2.45, 2.75) is 5.38 Å². The molecule has 1 unspecified atom stereocenters. The van der Waals surface area contributed by atoms with Crippen molar-refractivity contribution in [1.29, 1.82) is 0 Å². The van der Waals surface area contributed by atoms with Crippen LogP contribution >= 0.6 is 23.2 Å². The fourth-order valence-electron chi connectivity index (χ4n) is 0.203. The average molecular weight is 172 g/mol. The lowest BCUT2D eigenvalue weighted by Gasteiger charge is -2.00. The normalized spacial score (nSPS) is 12.7. The zero-order valence-corrected chi connectivity index (χ0v) is 5.98. The van der Waals surface area contributed by atoms with Crippen LogP contribution in [0.25, 0.3) is 0 Å². The van der Waals surface area contributed by atoms with Gasteiger partial charge in [-0.25, -0.2) is 0 Å². The van der Waals surface area contributed by atoms with Crippen LogP contribution < -0.4 is 0 Å². The van der Waals surface area contributed by atoms with Crippen molar-refractivity contribution in [1.82, 2.24) is 0 Å². The topological polar surface area (TPSA) is 46.2 Å². The van der Waals surface area contributed by atoms with Crippen LogP contribution in [0, 0.1) is 0 Å². The summed E-state index contributed by atoms with van der Waals surface area (Å²) in [7, 11) is 0. The van der Waals surface area contributed by atoms with E-state index in [1.54, 1.807) is 0 Å². The smallest absolute Gasteiger partial charge is 0.430 e. The molecule has 0 heterocycles. The Balaban J connectivity index is 3.16. The molecule has 5 heteroatoms. The first-order valence-corrected chi connectivity index (χ1v) is 3.17. The lowest BCUT2D eigenvalue weighted by atomic mass is 10.5. The maximum absolute atomic E-state index is 9.58. The van der Waals surface area contributed by atoms with Crippen molar-refractivity contribution < 1.29 is 14.6 Å².